The smallest absolute Gasteiger partial charge is 0.408 e. The lowest BCUT2D eigenvalue weighted by Gasteiger charge is -2.27. The van der Waals surface area contributed by atoms with Crippen molar-refractivity contribution in [3.05, 3.63) is 75.6 Å². The van der Waals surface area contributed by atoms with Crippen molar-refractivity contribution in [2.24, 2.45) is 0 Å². The van der Waals surface area contributed by atoms with Gasteiger partial charge in [-0.1, -0.05) is 23.2 Å². The summed E-state index contributed by atoms with van der Waals surface area (Å²) in [5.74, 6) is -3.11. The number of nitrogens with one attached hydrogen (secondary N) is 3. The molecule has 0 aromatic heterocycles. The van der Waals surface area contributed by atoms with E-state index in [1.54, 1.807) is 32.9 Å². The van der Waals surface area contributed by atoms with Crippen molar-refractivity contribution in [1.29, 1.82) is 0 Å². The molecule has 0 spiro atoms. The number of benzene rings is 3. The highest BCUT2D eigenvalue weighted by atomic mass is 127. The number of hydrogen-bond acceptors (Lipinski definition) is 9. The van der Waals surface area contributed by atoms with E-state index in [0.717, 1.165) is 7.11 Å². The molecule has 256 valence electrons. The summed E-state index contributed by atoms with van der Waals surface area (Å²) < 4.78 is 17.6. The van der Waals surface area contributed by atoms with Crippen molar-refractivity contribution < 1.29 is 43.6 Å². The number of fused-ring (bicyclic) bond motifs is 9. The van der Waals surface area contributed by atoms with Crippen molar-refractivity contribution >= 4 is 102 Å². The minimum atomic E-state index is -1.58. The first-order chi connectivity index (χ1) is 22.4. The Balaban J connectivity index is 1.96. The third-order valence-electron chi connectivity index (χ3n) is 6.74. The Kier molecular flexibility index (Phi) is 12.0. The molecule has 5 N–H and O–H groups in total. The Labute approximate surface area is 315 Å². The van der Waals surface area contributed by atoms with Gasteiger partial charge in [0.25, 0.3) is 0 Å². The number of carbonyl (C=O) groups is 4. The van der Waals surface area contributed by atoms with E-state index < -0.39 is 53.4 Å². The van der Waals surface area contributed by atoms with Gasteiger partial charge in [-0.05, 0) is 128 Å². The van der Waals surface area contributed by atoms with Crippen LogP contribution in [0.5, 0.6) is 23.0 Å². The molecular weight excluding hydrogens is 916 g/mol. The monoisotopic (exact) mass is 941 g/mol. The number of aromatic hydroxyl groups is 2. The van der Waals surface area contributed by atoms with Gasteiger partial charge in [-0.25, -0.2) is 9.59 Å². The van der Waals surface area contributed by atoms with Crippen molar-refractivity contribution in [2.75, 3.05) is 7.11 Å². The predicted octanol–water partition coefficient (Wildman–Crippen LogP) is 6.96. The minimum Gasteiger partial charge on any atom is -0.505 e. The molecule has 0 unspecified atom stereocenters. The number of phenols is 2. The van der Waals surface area contributed by atoms with Gasteiger partial charge < -0.3 is 40.4 Å². The normalized spacial score (nSPS) is 18.3. The predicted molar refractivity (Wildman–Crippen MR) is 192 cm³/mol. The van der Waals surface area contributed by atoms with Gasteiger partial charge in [-0.2, -0.15) is 0 Å². The zero-order valence-electron chi connectivity index (χ0n) is 25.5. The van der Waals surface area contributed by atoms with Gasteiger partial charge in [-0.15, -0.1) is 0 Å². The highest BCUT2D eigenvalue weighted by molar-refractivity contribution is 14.1. The highest BCUT2D eigenvalue weighted by Crippen LogP contribution is 2.43. The second-order valence-electron chi connectivity index (χ2n) is 11.5. The largest absolute Gasteiger partial charge is 0.505 e. The fraction of sp³-hybridized carbons (Fsp3) is 0.290. The van der Waals surface area contributed by atoms with Crippen LogP contribution in [0.25, 0.3) is 0 Å². The Morgan fingerprint density at radius 1 is 0.958 bits per heavy atom. The lowest BCUT2D eigenvalue weighted by molar-refractivity contribution is -0.145. The molecule has 12 nitrogen and oxygen atoms in total. The average Bonchev–Trinajstić information content (AvgIpc) is 2.98. The third kappa shape index (κ3) is 8.97. The standard InChI is InChI=1S/C31H28Br2Cl2IN3O9/c1-31(2,3)48-30(45)39-23-14-10-19(36)25(41)21(11-14)47-26-15(32)5-12(6-16(26)33)7-20(29(44)46-4)37-27(42)22(38-28(23)43)13-8-17(34)24(40)18(35)9-13/h5-6,8-11,20,22-23,40-41H,7H2,1-4H3,(H,37,42)(H,38,43)(H,39,45)/t20-,22+,23+/m0/s1. The van der Waals surface area contributed by atoms with Crippen LogP contribution in [0.1, 0.15) is 49.5 Å². The number of amides is 3. The van der Waals surface area contributed by atoms with Gasteiger partial charge in [-0.3, -0.25) is 9.59 Å². The van der Waals surface area contributed by atoms with E-state index in [1.807, 2.05) is 22.6 Å². The Morgan fingerprint density at radius 2 is 1.56 bits per heavy atom. The van der Waals surface area contributed by atoms with E-state index in [4.69, 9.17) is 37.4 Å². The van der Waals surface area contributed by atoms with Crippen LogP contribution in [-0.4, -0.2) is 52.8 Å². The molecule has 5 rings (SSSR count). The highest BCUT2D eigenvalue weighted by Gasteiger charge is 2.34. The summed E-state index contributed by atoms with van der Waals surface area (Å²) in [6.07, 6.45) is -1.03. The third-order valence-corrected chi connectivity index (χ3v) is 9.32. The molecular formula is C31H28Br2Cl2IN3O9. The van der Waals surface area contributed by atoms with Gasteiger partial charge in [0.1, 0.15) is 23.7 Å². The summed E-state index contributed by atoms with van der Waals surface area (Å²) in [5.41, 5.74) is -0.200. The van der Waals surface area contributed by atoms with Gasteiger partial charge in [0.05, 0.1) is 29.7 Å². The molecule has 4 bridgehead atoms. The maximum Gasteiger partial charge on any atom is 0.408 e. The maximum absolute atomic E-state index is 14.2. The number of methoxy groups -OCH3 is 1. The van der Waals surface area contributed by atoms with E-state index in [0.29, 0.717) is 14.5 Å². The topological polar surface area (TPSA) is 173 Å². The molecule has 3 aromatic carbocycles. The van der Waals surface area contributed by atoms with E-state index in [-0.39, 0.29) is 48.4 Å². The van der Waals surface area contributed by atoms with E-state index in [1.165, 1.54) is 24.3 Å². The molecule has 2 aliphatic heterocycles. The molecule has 3 aromatic rings. The van der Waals surface area contributed by atoms with Crippen LogP contribution in [0, 0.1) is 3.57 Å². The Bertz CT molecular complexity index is 1760. The van der Waals surface area contributed by atoms with Gasteiger partial charge in [0.15, 0.2) is 23.0 Å². The number of rotatable bonds is 3. The van der Waals surface area contributed by atoms with Gasteiger partial charge >= 0.3 is 12.1 Å². The van der Waals surface area contributed by atoms with E-state index in [9.17, 15) is 29.4 Å². The molecule has 3 amide bonds. The molecule has 0 radical (unpaired) electrons. The number of hydrogen-bond donors (Lipinski definition) is 5. The molecule has 0 saturated heterocycles. The first-order valence-electron chi connectivity index (χ1n) is 13.9. The van der Waals surface area contributed by atoms with Crippen LogP contribution in [0.15, 0.2) is 45.3 Å². The van der Waals surface area contributed by atoms with Crippen molar-refractivity contribution in [2.45, 2.75) is 50.9 Å². The lowest BCUT2D eigenvalue weighted by atomic mass is 10.0. The van der Waals surface area contributed by atoms with Crippen LogP contribution < -0.4 is 20.7 Å². The van der Waals surface area contributed by atoms with Crippen LogP contribution in [-0.2, 0) is 30.3 Å². The summed E-state index contributed by atoms with van der Waals surface area (Å²) in [4.78, 5) is 54.1. The number of phenolic OH excluding ortho intramolecular Hbond substituents is 2. The summed E-state index contributed by atoms with van der Waals surface area (Å²) in [7, 11) is 1.16. The average molecular weight is 944 g/mol. The molecule has 0 aliphatic carbocycles. The van der Waals surface area contributed by atoms with Crippen LogP contribution in [0.4, 0.5) is 4.79 Å². The molecule has 3 atom stereocenters. The van der Waals surface area contributed by atoms with E-state index in [2.05, 4.69) is 47.8 Å². The van der Waals surface area contributed by atoms with E-state index >= 15 is 0 Å². The lowest BCUT2D eigenvalue weighted by Crippen LogP contribution is -2.50. The minimum absolute atomic E-state index is 0.0357. The number of ether oxygens (including phenoxy) is 3. The van der Waals surface area contributed by atoms with Crippen LogP contribution in [0.2, 0.25) is 10.0 Å². The second-order valence-corrected chi connectivity index (χ2v) is 15.2. The SMILES string of the molecule is COC(=O)[C@@H]1Cc2cc(Br)c(c(Br)c2)Oc2cc(cc(I)c2O)[C@@H](NC(=O)OC(C)(C)C)C(=O)N[C@H](c2cc(Cl)c(O)c(Cl)c2)C(=O)N1. The zero-order valence-corrected chi connectivity index (χ0v) is 32.4. The molecule has 2 aliphatic rings. The fourth-order valence-electron chi connectivity index (χ4n) is 4.61. The molecule has 17 heteroatoms. The van der Waals surface area contributed by atoms with Crippen LogP contribution in [0.3, 0.4) is 0 Å². The second kappa shape index (κ2) is 15.3. The van der Waals surface area contributed by atoms with Crippen molar-refractivity contribution in [3.63, 3.8) is 0 Å². The summed E-state index contributed by atoms with van der Waals surface area (Å²) >= 11 is 21.2. The Morgan fingerprint density at radius 3 is 2.12 bits per heavy atom. The molecule has 0 saturated carbocycles. The zero-order chi connectivity index (χ0) is 35.7. The quantitative estimate of drug-likeness (QED) is 0.138. The molecule has 48 heavy (non-hydrogen) atoms. The first-order valence-corrected chi connectivity index (χ1v) is 17.3. The number of carbonyl (C=O) groups excluding carboxylic acids is 4. The van der Waals surface area contributed by atoms with Crippen molar-refractivity contribution in [1.82, 2.24) is 16.0 Å². The molecule has 0 fully saturated rings. The van der Waals surface area contributed by atoms with Crippen molar-refractivity contribution in [3.8, 4) is 23.0 Å². The fourth-order valence-corrected chi connectivity index (χ4v) is 7.18. The summed E-state index contributed by atoms with van der Waals surface area (Å²) in [6, 6.07) is 4.19. The number of halogens is 5. The molecule has 2 heterocycles. The first kappa shape index (κ1) is 37.8. The number of alkyl carbamates (subject to hydrolysis) is 1. The maximum atomic E-state index is 14.2. The summed E-state index contributed by atoms with van der Waals surface area (Å²) in [6.45, 7) is 4.91. The number of esters is 1. The summed E-state index contributed by atoms with van der Waals surface area (Å²) in [5, 5.41) is 28.5. The Hall–Kier alpha value is -2.99. The van der Waals surface area contributed by atoms with Crippen LogP contribution >= 0.6 is 77.7 Å². The van der Waals surface area contributed by atoms with Gasteiger partial charge in [0, 0.05) is 6.42 Å². The van der Waals surface area contributed by atoms with Gasteiger partial charge in [0.2, 0.25) is 11.8 Å².